The minimum absolute atomic E-state index is 0.0649. The third kappa shape index (κ3) is 3.02. The summed E-state index contributed by atoms with van der Waals surface area (Å²) < 4.78 is 31.9. The van der Waals surface area contributed by atoms with Gasteiger partial charge in [0.1, 0.15) is 35.1 Å². The van der Waals surface area contributed by atoms with Crippen molar-refractivity contribution in [3.8, 4) is 17.9 Å². The van der Waals surface area contributed by atoms with Gasteiger partial charge in [0.25, 0.3) is 0 Å². The van der Waals surface area contributed by atoms with Crippen LogP contribution in [0.15, 0.2) is 17.7 Å². The molecule has 1 aromatic carbocycles. The van der Waals surface area contributed by atoms with E-state index in [-0.39, 0.29) is 17.9 Å². The Morgan fingerprint density at radius 1 is 1.29 bits per heavy atom. The van der Waals surface area contributed by atoms with Crippen LogP contribution in [0.3, 0.4) is 0 Å². The van der Waals surface area contributed by atoms with Gasteiger partial charge in [0.05, 0.1) is 6.61 Å². The number of rotatable bonds is 3. The smallest absolute Gasteiger partial charge is 0.137 e. The first-order valence-corrected chi connectivity index (χ1v) is 4.76. The molecule has 1 aromatic rings. The van der Waals surface area contributed by atoms with Gasteiger partial charge in [-0.15, -0.1) is 0 Å². The highest BCUT2D eigenvalue weighted by Gasteiger charge is 2.11. The van der Waals surface area contributed by atoms with Gasteiger partial charge in [0, 0.05) is 17.7 Å². The Labute approximate surface area is 97.2 Å². The Morgan fingerprint density at radius 2 is 1.82 bits per heavy atom. The quantitative estimate of drug-likeness (QED) is 0.755. The molecule has 86 valence electrons. The third-order valence-corrected chi connectivity index (χ3v) is 1.89. The molecule has 0 saturated heterocycles. The van der Waals surface area contributed by atoms with Gasteiger partial charge in [-0.2, -0.15) is 10.5 Å². The Kier molecular flexibility index (Phi) is 4.19. The zero-order valence-corrected chi connectivity index (χ0v) is 9.00. The molecule has 0 heterocycles. The molecule has 5 heteroatoms. The largest absolute Gasteiger partial charge is 0.494 e. The molecule has 0 bridgehead atoms. The van der Waals surface area contributed by atoms with Crippen molar-refractivity contribution in [3.05, 3.63) is 34.9 Å². The molecule has 0 unspecified atom stereocenters. The highest BCUT2D eigenvalue weighted by atomic mass is 19.1. The van der Waals surface area contributed by atoms with Crippen molar-refractivity contribution in [2.45, 2.75) is 6.92 Å². The van der Waals surface area contributed by atoms with Gasteiger partial charge in [-0.05, 0) is 13.0 Å². The number of allylic oxidation sites excluding steroid dienone is 1. The lowest BCUT2D eigenvalue weighted by atomic mass is 10.1. The lowest BCUT2D eigenvalue weighted by Crippen LogP contribution is -1.96. The molecule has 0 aliphatic carbocycles. The number of nitriles is 2. The topological polar surface area (TPSA) is 56.8 Å². The lowest BCUT2D eigenvalue weighted by molar-refractivity contribution is 0.335. The van der Waals surface area contributed by atoms with Gasteiger partial charge in [-0.1, -0.05) is 0 Å². The van der Waals surface area contributed by atoms with E-state index in [1.807, 2.05) is 0 Å². The van der Waals surface area contributed by atoms with Gasteiger partial charge in [0.2, 0.25) is 0 Å². The Balaban J connectivity index is 3.25. The molecule has 0 radical (unpaired) electrons. The van der Waals surface area contributed by atoms with Crippen molar-refractivity contribution in [2.24, 2.45) is 0 Å². The number of hydrogen-bond donors (Lipinski definition) is 0. The van der Waals surface area contributed by atoms with E-state index >= 15 is 0 Å². The zero-order chi connectivity index (χ0) is 12.8. The van der Waals surface area contributed by atoms with Crippen LogP contribution in [0.25, 0.3) is 6.08 Å². The summed E-state index contributed by atoms with van der Waals surface area (Å²) in [7, 11) is 0. The number of halogens is 2. The first-order chi connectivity index (χ1) is 8.12. The molecule has 1 rings (SSSR count). The Bertz CT molecular complexity index is 499. The van der Waals surface area contributed by atoms with Crippen LogP contribution in [0, 0.1) is 34.3 Å². The minimum Gasteiger partial charge on any atom is -0.494 e. The van der Waals surface area contributed by atoms with E-state index in [1.165, 1.54) is 12.1 Å². The summed E-state index contributed by atoms with van der Waals surface area (Å²) in [5.41, 5.74) is -0.793. The van der Waals surface area contributed by atoms with E-state index in [4.69, 9.17) is 15.3 Å². The molecule has 0 amide bonds. The van der Waals surface area contributed by atoms with E-state index in [0.717, 1.165) is 18.2 Å². The second-order valence-corrected chi connectivity index (χ2v) is 3.02. The SMILES string of the molecule is CCOc1cc(F)c(C=C(C#N)C#N)c(F)c1. The van der Waals surface area contributed by atoms with Crippen molar-refractivity contribution >= 4 is 6.08 Å². The summed E-state index contributed by atoms with van der Waals surface area (Å²) >= 11 is 0. The third-order valence-electron chi connectivity index (χ3n) is 1.89. The maximum Gasteiger partial charge on any atom is 0.137 e. The van der Waals surface area contributed by atoms with E-state index in [1.54, 1.807) is 6.92 Å². The van der Waals surface area contributed by atoms with E-state index in [2.05, 4.69) is 0 Å². The number of benzene rings is 1. The predicted octanol–water partition coefficient (Wildman–Crippen LogP) is 2.79. The summed E-state index contributed by atoms with van der Waals surface area (Å²) in [6.07, 6.45) is 0.862. The lowest BCUT2D eigenvalue weighted by Gasteiger charge is -2.05. The Hall–Kier alpha value is -2.40. The summed E-state index contributed by atoms with van der Waals surface area (Å²) in [6.45, 7) is 1.97. The number of nitrogens with zero attached hydrogens (tertiary/aromatic N) is 2. The van der Waals surface area contributed by atoms with Crippen LogP contribution in [0.2, 0.25) is 0 Å². The van der Waals surface area contributed by atoms with Gasteiger partial charge in [0.15, 0.2) is 0 Å². The normalized spacial score (nSPS) is 9.00. The van der Waals surface area contributed by atoms with Crippen LogP contribution in [-0.4, -0.2) is 6.61 Å². The standard InChI is InChI=1S/C12H8F2N2O/c1-2-17-9-4-11(13)10(12(14)5-9)3-8(6-15)7-16/h3-5H,2H2,1H3. The van der Waals surface area contributed by atoms with Gasteiger partial charge in [-0.25, -0.2) is 8.78 Å². The van der Waals surface area contributed by atoms with Crippen molar-refractivity contribution < 1.29 is 13.5 Å². The van der Waals surface area contributed by atoms with Gasteiger partial charge >= 0.3 is 0 Å². The molecule has 17 heavy (non-hydrogen) atoms. The maximum atomic E-state index is 13.5. The zero-order valence-electron chi connectivity index (χ0n) is 9.00. The molecule has 3 nitrogen and oxygen atoms in total. The first-order valence-electron chi connectivity index (χ1n) is 4.76. The van der Waals surface area contributed by atoms with Gasteiger partial charge < -0.3 is 4.74 Å². The van der Waals surface area contributed by atoms with E-state index in [9.17, 15) is 8.78 Å². The molecular weight excluding hydrogens is 226 g/mol. The molecular formula is C12H8F2N2O. The maximum absolute atomic E-state index is 13.5. The van der Waals surface area contributed by atoms with Crippen LogP contribution in [0.5, 0.6) is 5.75 Å². The summed E-state index contributed by atoms with van der Waals surface area (Å²) in [6, 6.07) is 5.07. The monoisotopic (exact) mass is 234 g/mol. The molecule has 0 aliphatic heterocycles. The summed E-state index contributed by atoms with van der Waals surface area (Å²) in [5.74, 6) is -1.69. The van der Waals surface area contributed by atoms with Crippen LogP contribution in [0.1, 0.15) is 12.5 Å². The second-order valence-electron chi connectivity index (χ2n) is 3.02. The average molecular weight is 234 g/mol. The minimum atomic E-state index is -0.878. The summed E-state index contributed by atoms with van der Waals surface area (Å²) in [4.78, 5) is 0. The van der Waals surface area contributed by atoms with Crippen LogP contribution in [0.4, 0.5) is 8.78 Å². The summed E-state index contributed by atoms with van der Waals surface area (Å²) in [5, 5.41) is 17.0. The number of ether oxygens (including phenoxy) is 1. The van der Waals surface area contributed by atoms with Crippen molar-refractivity contribution in [1.29, 1.82) is 10.5 Å². The van der Waals surface area contributed by atoms with Crippen LogP contribution in [-0.2, 0) is 0 Å². The molecule has 0 spiro atoms. The fourth-order valence-corrected chi connectivity index (χ4v) is 1.18. The Morgan fingerprint density at radius 3 is 2.24 bits per heavy atom. The molecule has 0 N–H and O–H groups in total. The van der Waals surface area contributed by atoms with Crippen LogP contribution >= 0.6 is 0 Å². The van der Waals surface area contributed by atoms with Crippen molar-refractivity contribution in [3.63, 3.8) is 0 Å². The molecule has 0 aromatic heterocycles. The van der Waals surface area contributed by atoms with Gasteiger partial charge in [-0.3, -0.25) is 0 Å². The average Bonchev–Trinajstić information content (AvgIpc) is 2.29. The molecule has 0 atom stereocenters. The second kappa shape index (κ2) is 5.62. The van der Waals surface area contributed by atoms with Crippen molar-refractivity contribution in [2.75, 3.05) is 6.61 Å². The predicted molar refractivity (Wildman–Crippen MR) is 56.7 cm³/mol. The van der Waals surface area contributed by atoms with E-state index < -0.39 is 17.2 Å². The molecule has 0 aliphatic rings. The highest BCUT2D eigenvalue weighted by Crippen LogP contribution is 2.22. The number of hydrogen-bond acceptors (Lipinski definition) is 3. The fourth-order valence-electron chi connectivity index (χ4n) is 1.18. The highest BCUT2D eigenvalue weighted by molar-refractivity contribution is 5.63. The molecule has 0 fully saturated rings. The molecule has 0 saturated carbocycles. The fraction of sp³-hybridized carbons (Fsp3) is 0.167. The first kappa shape index (κ1) is 12.7. The van der Waals surface area contributed by atoms with Crippen LogP contribution < -0.4 is 4.74 Å². The van der Waals surface area contributed by atoms with E-state index in [0.29, 0.717) is 0 Å². The van der Waals surface area contributed by atoms with Crippen molar-refractivity contribution in [1.82, 2.24) is 0 Å².